The van der Waals surface area contributed by atoms with Gasteiger partial charge in [-0.3, -0.25) is 0 Å². The van der Waals surface area contributed by atoms with Gasteiger partial charge in [0.15, 0.2) is 6.29 Å². The van der Waals surface area contributed by atoms with Crippen molar-refractivity contribution in [3.63, 3.8) is 0 Å². The molecule has 116 valence electrons. The summed E-state index contributed by atoms with van der Waals surface area (Å²) in [5.41, 5.74) is -0.820. The molecule has 0 N–H and O–H groups in total. The quantitative estimate of drug-likeness (QED) is 0.555. The van der Waals surface area contributed by atoms with Crippen LogP contribution in [0.15, 0.2) is 0 Å². The Morgan fingerprint density at radius 3 is 2.55 bits per heavy atom. The lowest BCUT2D eigenvalue weighted by Gasteiger charge is -2.31. The van der Waals surface area contributed by atoms with Crippen molar-refractivity contribution >= 4 is 0 Å². The second kappa shape index (κ2) is 7.99. The van der Waals surface area contributed by atoms with Gasteiger partial charge >= 0.3 is 0 Å². The fraction of sp³-hybridized carbons (Fsp3) is 0.875. The molecular weight excluding hydrogens is 256 g/mol. The third-order valence-corrected chi connectivity index (χ3v) is 3.03. The van der Waals surface area contributed by atoms with Crippen molar-refractivity contribution in [1.29, 1.82) is 0 Å². The average Bonchev–Trinajstić information content (AvgIpc) is 2.36. The summed E-state index contributed by atoms with van der Waals surface area (Å²) in [6.45, 7) is 8.99. The Kier molecular flexibility index (Phi) is 6.97. The van der Waals surface area contributed by atoms with E-state index in [1.54, 1.807) is 7.11 Å². The molecule has 0 aromatic heterocycles. The summed E-state index contributed by atoms with van der Waals surface area (Å²) in [5, 5.41) is 0. The molecule has 0 spiro atoms. The molecular formula is C16H28O4. The van der Waals surface area contributed by atoms with E-state index in [1.165, 1.54) is 6.42 Å². The van der Waals surface area contributed by atoms with Gasteiger partial charge in [-0.15, -0.1) is 0 Å². The van der Waals surface area contributed by atoms with E-state index in [1.807, 2.05) is 27.7 Å². The van der Waals surface area contributed by atoms with Gasteiger partial charge < -0.3 is 18.9 Å². The van der Waals surface area contributed by atoms with Gasteiger partial charge in [0.1, 0.15) is 12.4 Å². The van der Waals surface area contributed by atoms with Crippen LogP contribution in [0.4, 0.5) is 0 Å². The van der Waals surface area contributed by atoms with Crippen LogP contribution in [0.1, 0.15) is 53.4 Å². The minimum absolute atomic E-state index is 0.0849. The zero-order valence-corrected chi connectivity index (χ0v) is 13.5. The zero-order valence-electron chi connectivity index (χ0n) is 13.5. The molecule has 1 heterocycles. The van der Waals surface area contributed by atoms with Crippen molar-refractivity contribution in [1.82, 2.24) is 0 Å². The molecule has 1 atom stereocenters. The molecule has 4 heteroatoms. The Bertz CT molecular complexity index is 332. The van der Waals surface area contributed by atoms with E-state index >= 15 is 0 Å². The van der Waals surface area contributed by atoms with Crippen molar-refractivity contribution in [2.24, 2.45) is 0 Å². The van der Waals surface area contributed by atoms with E-state index < -0.39 is 5.60 Å². The van der Waals surface area contributed by atoms with E-state index in [9.17, 15) is 0 Å². The highest BCUT2D eigenvalue weighted by molar-refractivity contribution is 5.12. The molecule has 0 saturated carbocycles. The standard InChI is InChI=1S/C16H28O4/c1-15(2,19-13-17-5)10-8-11-16(3,4)20-14-9-6-7-12-18-14/h14H,6-7,9,11-13H2,1-5H3. The minimum atomic E-state index is -0.507. The fourth-order valence-electron chi connectivity index (χ4n) is 1.91. The Morgan fingerprint density at radius 2 is 1.95 bits per heavy atom. The number of ether oxygens (including phenoxy) is 4. The van der Waals surface area contributed by atoms with Crippen LogP contribution >= 0.6 is 0 Å². The minimum Gasteiger partial charge on any atom is -0.359 e. The molecule has 20 heavy (non-hydrogen) atoms. The maximum Gasteiger partial charge on any atom is 0.158 e. The highest BCUT2D eigenvalue weighted by Crippen LogP contribution is 2.22. The van der Waals surface area contributed by atoms with E-state index in [2.05, 4.69) is 11.8 Å². The van der Waals surface area contributed by atoms with Crippen LogP contribution < -0.4 is 0 Å². The van der Waals surface area contributed by atoms with Gasteiger partial charge in [-0.1, -0.05) is 11.8 Å². The van der Waals surface area contributed by atoms with Crippen LogP contribution in [0.2, 0.25) is 0 Å². The summed E-state index contributed by atoms with van der Waals surface area (Å²) >= 11 is 0. The third-order valence-electron chi connectivity index (χ3n) is 3.03. The number of hydrogen-bond donors (Lipinski definition) is 0. The third kappa shape index (κ3) is 7.25. The van der Waals surface area contributed by atoms with Crippen LogP contribution in [-0.4, -0.2) is 38.0 Å². The van der Waals surface area contributed by atoms with Crippen molar-refractivity contribution in [3.8, 4) is 11.8 Å². The summed E-state index contributed by atoms with van der Waals surface area (Å²) in [5.74, 6) is 6.27. The molecule has 1 unspecified atom stereocenters. The molecule has 4 nitrogen and oxygen atoms in total. The molecule has 1 aliphatic heterocycles. The van der Waals surface area contributed by atoms with Crippen molar-refractivity contribution in [3.05, 3.63) is 0 Å². The van der Waals surface area contributed by atoms with Gasteiger partial charge in [0.25, 0.3) is 0 Å². The molecule has 1 saturated heterocycles. The van der Waals surface area contributed by atoms with Gasteiger partial charge in [-0.2, -0.15) is 0 Å². The van der Waals surface area contributed by atoms with Crippen molar-refractivity contribution in [2.45, 2.75) is 70.9 Å². The topological polar surface area (TPSA) is 36.9 Å². The van der Waals surface area contributed by atoms with Gasteiger partial charge in [0.05, 0.1) is 5.60 Å². The summed E-state index contributed by atoms with van der Waals surface area (Å²) in [6, 6.07) is 0. The predicted molar refractivity (Wildman–Crippen MR) is 78.2 cm³/mol. The monoisotopic (exact) mass is 284 g/mol. The van der Waals surface area contributed by atoms with Gasteiger partial charge in [0.2, 0.25) is 0 Å². The lowest BCUT2D eigenvalue weighted by molar-refractivity contribution is -0.213. The summed E-state index contributed by atoms with van der Waals surface area (Å²) in [4.78, 5) is 0. The lowest BCUT2D eigenvalue weighted by Crippen LogP contribution is -2.34. The zero-order chi connectivity index (χ0) is 15.1. The van der Waals surface area contributed by atoms with E-state index in [-0.39, 0.29) is 18.7 Å². The summed E-state index contributed by atoms with van der Waals surface area (Å²) in [6.07, 6.45) is 3.83. The largest absolute Gasteiger partial charge is 0.359 e. The van der Waals surface area contributed by atoms with Crippen molar-refractivity contribution in [2.75, 3.05) is 20.5 Å². The highest BCUT2D eigenvalue weighted by atomic mass is 16.7. The maximum atomic E-state index is 5.98. The Hall–Kier alpha value is -0.600. The van der Waals surface area contributed by atoms with Gasteiger partial charge in [-0.05, 0) is 47.0 Å². The van der Waals surface area contributed by atoms with Crippen LogP contribution in [-0.2, 0) is 18.9 Å². The first-order valence-electron chi connectivity index (χ1n) is 7.27. The Morgan fingerprint density at radius 1 is 1.20 bits per heavy atom. The molecule has 0 radical (unpaired) electrons. The van der Waals surface area contributed by atoms with E-state index in [0.29, 0.717) is 6.42 Å². The van der Waals surface area contributed by atoms with Crippen LogP contribution in [0, 0.1) is 11.8 Å². The predicted octanol–water partition coefficient (Wildman–Crippen LogP) is 3.10. The SMILES string of the molecule is COCOC(C)(C)C#CCC(C)(C)OC1CCCCO1. The van der Waals surface area contributed by atoms with Gasteiger partial charge in [-0.25, -0.2) is 0 Å². The number of methoxy groups -OCH3 is 1. The lowest BCUT2D eigenvalue weighted by atomic mass is 10.0. The Balaban J connectivity index is 2.41. The van der Waals surface area contributed by atoms with Crippen LogP contribution in [0.5, 0.6) is 0 Å². The van der Waals surface area contributed by atoms with Crippen LogP contribution in [0.25, 0.3) is 0 Å². The smallest absolute Gasteiger partial charge is 0.158 e. The molecule has 1 aliphatic rings. The molecule has 0 aromatic carbocycles. The fourth-order valence-corrected chi connectivity index (χ4v) is 1.91. The van der Waals surface area contributed by atoms with Crippen molar-refractivity contribution < 1.29 is 18.9 Å². The second-order valence-electron chi connectivity index (χ2n) is 6.21. The Labute approximate surface area is 123 Å². The number of rotatable bonds is 6. The molecule has 0 bridgehead atoms. The molecule has 1 rings (SSSR count). The van der Waals surface area contributed by atoms with Crippen LogP contribution in [0.3, 0.4) is 0 Å². The normalized spacial score (nSPS) is 20.4. The van der Waals surface area contributed by atoms with E-state index in [4.69, 9.17) is 18.9 Å². The summed E-state index contributed by atoms with van der Waals surface area (Å²) in [7, 11) is 1.60. The number of hydrogen-bond acceptors (Lipinski definition) is 4. The first-order valence-corrected chi connectivity index (χ1v) is 7.27. The highest BCUT2D eigenvalue weighted by Gasteiger charge is 2.25. The first kappa shape index (κ1) is 17.5. The molecule has 1 fully saturated rings. The average molecular weight is 284 g/mol. The molecule has 0 aromatic rings. The maximum absolute atomic E-state index is 5.98. The van der Waals surface area contributed by atoms with Gasteiger partial charge in [0, 0.05) is 20.1 Å². The first-order chi connectivity index (χ1) is 9.35. The second-order valence-corrected chi connectivity index (χ2v) is 6.21. The molecule has 0 amide bonds. The molecule has 0 aliphatic carbocycles. The summed E-state index contributed by atoms with van der Waals surface area (Å²) < 4.78 is 22.0. The van der Waals surface area contributed by atoms with E-state index in [0.717, 1.165) is 19.4 Å².